The molecule has 80 valence electrons. The number of aldehydes is 1. The van der Waals surface area contributed by atoms with E-state index in [0.717, 1.165) is 38.0 Å². The number of anilines is 1. The van der Waals surface area contributed by atoms with Crippen LogP contribution in [0.15, 0.2) is 12.1 Å². The molecule has 0 aliphatic carbocycles. The molecule has 0 amide bonds. The van der Waals surface area contributed by atoms with Crippen molar-refractivity contribution in [2.45, 2.75) is 12.8 Å². The molecule has 1 fully saturated rings. The molecule has 2 rings (SSSR count). The second-order valence-corrected chi connectivity index (χ2v) is 4.09. The predicted molar refractivity (Wildman–Crippen MR) is 58.0 cm³/mol. The molecular formula is C10H12ClN3O. The average Bonchev–Trinajstić information content (AvgIpc) is 2.30. The second-order valence-electron chi connectivity index (χ2n) is 3.70. The van der Waals surface area contributed by atoms with Crippen LogP contribution in [-0.4, -0.2) is 29.6 Å². The lowest BCUT2D eigenvalue weighted by molar-refractivity contribution is -0.111. The smallest absolute Gasteiger partial charge is 0.151 e. The predicted octanol–water partition coefficient (Wildman–Crippen LogP) is 1.55. The molecule has 1 unspecified atom stereocenters. The van der Waals surface area contributed by atoms with Crippen LogP contribution in [0.2, 0.25) is 5.15 Å². The SMILES string of the molecule is O=CC1CCCN(c2ccc(Cl)nn2)C1. The van der Waals surface area contributed by atoms with Gasteiger partial charge in [0.05, 0.1) is 0 Å². The molecule has 15 heavy (non-hydrogen) atoms. The largest absolute Gasteiger partial charge is 0.354 e. The van der Waals surface area contributed by atoms with E-state index in [1.54, 1.807) is 6.07 Å². The van der Waals surface area contributed by atoms with E-state index in [1.165, 1.54) is 0 Å². The molecule has 2 heterocycles. The zero-order valence-electron chi connectivity index (χ0n) is 8.27. The molecule has 1 aromatic rings. The fourth-order valence-electron chi connectivity index (χ4n) is 1.81. The van der Waals surface area contributed by atoms with Crippen molar-refractivity contribution in [1.29, 1.82) is 0 Å². The number of carbonyl (C=O) groups excluding carboxylic acids is 1. The molecule has 1 aliphatic heterocycles. The van der Waals surface area contributed by atoms with Crippen molar-refractivity contribution in [3.8, 4) is 0 Å². The van der Waals surface area contributed by atoms with Crippen molar-refractivity contribution in [2.75, 3.05) is 18.0 Å². The van der Waals surface area contributed by atoms with E-state index in [0.29, 0.717) is 5.15 Å². The molecule has 5 heteroatoms. The third kappa shape index (κ3) is 2.45. The van der Waals surface area contributed by atoms with Crippen molar-refractivity contribution in [3.05, 3.63) is 17.3 Å². The topological polar surface area (TPSA) is 46.1 Å². The molecule has 0 radical (unpaired) electrons. The van der Waals surface area contributed by atoms with Crippen LogP contribution in [-0.2, 0) is 4.79 Å². The van der Waals surface area contributed by atoms with E-state index in [9.17, 15) is 4.79 Å². The summed E-state index contributed by atoms with van der Waals surface area (Å²) in [5.41, 5.74) is 0. The molecule has 1 atom stereocenters. The maximum atomic E-state index is 10.7. The monoisotopic (exact) mass is 225 g/mol. The summed E-state index contributed by atoms with van der Waals surface area (Å²) in [5.74, 6) is 0.919. The molecule has 4 nitrogen and oxygen atoms in total. The van der Waals surface area contributed by atoms with E-state index in [2.05, 4.69) is 15.1 Å². The van der Waals surface area contributed by atoms with Gasteiger partial charge in [-0.05, 0) is 25.0 Å². The Kier molecular flexibility index (Phi) is 3.16. The third-order valence-electron chi connectivity index (χ3n) is 2.59. The van der Waals surface area contributed by atoms with Gasteiger partial charge in [-0.1, -0.05) is 11.6 Å². The van der Waals surface area contributed by atoms with Crippen molar-refractivity contribution < 1.29 is 4.79 Å². The molecule has 0 aromatic carbocycles. The van der Waals surface area contributed by atoms with Crippen molar-refractivity contribution in [3.63, 3.8) is 0 Å². The van der Waals surface area contributed by atoms with Gasteiger partial charge in [0.25, 0.3) is 0 Å². The van der Waals surface area contributed by atoms with Gasteiger partial charge in [-0.25, -0.2) is 0 Å². The van der Waals surface area contributed by atoms with Crippen LogP contribution in [0, 0.1) is 5.92 Å². The number of rotatable bonds is 2. The van der Waals surface area contributed by atoms with Gasteiger partial charge in [0.2, 0.25) is 0 Å². The lowest BCUT2D eigenvalue weighted by atomic mass is 10.00. The number of hydrogen-bond donors (Lipinski definition) is 0. The van der Waals surface area contributed by atoms with Crippen LogP contribution in [0.3, 0.4) is 0 Å². The van der Waals surface area contributed by atoms with Crippen LogP contribution in [0.5, 0.6) is 0 Å². The second kappa shape index (κ2) is 4.57. The highest BCUT2D eigenvalue weighted by Crippen LogP contribution is 2.20. The summed E-state index contributed by atoms with van der Waals surface area (Å²) < 4.78 is 0. The maximum Gasteiger partial charge on any atom is 0.151 e. The lowest BCUT2D eigenvalue weighted by Crippen LogP contribution is -2.36. The first-order chi connectivity index (χ1) is 7.29. The van der Waals surface area contributed by atoms with E-state index < -0.39 is 0 Å². The standard InChI is InChI=1S/C10H12ClN3O/c11-9-3-4-10(13-12-9)14-5-1-2-8(6-14)7-15/h3-4,7-8H,1-2,5-6H2. The molecule has 0 N–H and O–H groups in total. The van der Waals surface area contributed by atoms with E-state index in [-0.39, 0.29) is 5.92 Å². The Morgan fingerprint density at radius 3 is 3.00 bits per heavy atom. The first-order valence-electron chi connectivity index (χ1n) is 4.99. The maximum absolute atomic E-state index is 10.7. The van der Waals surface area contributed by atoms with Crippen LogP contribution in [0.25, 0.3) is 0 Å². The summed E-state index contributed by atoms with van der Waals surface area (Å²) in [6.45, 7) is 1.67. The van der Waals surface area contributed by atoms with Gasteiger partial charge < -0.3 is 9.69 Å². The van der Waals surface area contributed by atoms with Gasteiger partial charge >= 0.3 is 0 Å². The average molecular weight is 226 g/mol. The van der Waals surface area contributed by atoms with Gasteiger partial charge in [-0.15, -0.1) is 10.2 Å². The zero-order valence-corrected chi connectivity index (χ0v) is 9.02. The van der Waals surface area contributed by atoms with E-state index in [1.807, 2.05) is 6.07 Å². The fraction of sp³-hybridized carbons (Fsp3) is 0.500. The number of carbonyl (C=O) groups is 1. The highest BCUT2D eigenvalue weighted by Gasteiger charge is 2.20. The van der Waals surface area contributed by atoms with Gasteiger partial charge in [0.1, 0.15) is 6.29 Å². The minimum absolute atomic E-state index is 0.122. The van der Waals surface area contributed by atoms with Crippen LogP contribution < -0.4 is 4.90 Å². The Morgan fingerprint density at radius 1 is 1.47 bits per heavy atom. The molecule has 1 aliphatic rings. The van der Waals surface area contributed by atoms with E-state index in [4.69, 9.17) is 11.6 Å². The Labute approximate surface area is 93.2 Å². The molecule has 1 aromatic heterocycles. The summed E-state index contributed by atoms with van der Waals surface area (Å²) in [4.78, 5) is 12.8. The summed E-state index contributed by atoms with van der Waals surface area (Å²) in [7, 11) is 0. The highest BCUT2D eigenvalue weighted by atomic mass is 35.5. The van der Waals surface area contributed by atoms with Crippen molar-refractivity contribution >= 4 is 23.7 Å². The Bertz CT molecular complexity index is 341. The summed E-state index contributed by atoms with van der Waals surface area (Å²) in [5, 5.41) is 8.18. The van der Waals surface area contributed by atoms with Crippen LogP contribution >= 0.6 is 11.6 Å². The van der Waals surface area contributed by atoms with Gasteiger partial charge in [-0.3, -0.25) is 0 Å². The Hall–Kier alpha value is -1.16. The summed E-state index contributed by atoms with van der Waals surface area (Å²) in [6, 6.07) is 3.55. The normalized spacial score (nSPS) is 21.4. The molecular weight excluding hydrogens is 214 g/mol. The third-order valence-corrected chi connectivity index (χ3v) is 2.79. The summed E-state index contributed by atoms with van der Waals surface area (Å²) in [6.07, 6.45) is 3.02. The quantitative estimate of drug-likeness (QED) is 0.717. The van der Waals surface area contributed by atoms with Crippen LogP contribution in [0.4, 0.5) is 5.82 Å². The van der Waals surface area contributed by atoms with E-state index >= 15 is 0 Å². The van der Waals surface area contributed by atoms with Crippen molar-refractivity contribution in [2.24, 2.45) is 5.92 Å². The number of hydrogen-bond acceptors (Lipinski definition) is 4. The fourth-order valence-corrected chi connectivity index (χ4v) is 1.91. The first kappa shape index (κ1) is 10.4. The van der Waals surface area contributed by atoms with Gasteiger partial charge in [-0.2, -0.15) is 0 Å². The Morgan fingerprint density at radius 2 is 2.33 bits per heavy atom. The van der Waals surface area contributed by atoms with Gasteiger partial charge in [0.15, 0.2) is 11.0 Å². The molecule has 0 spiro atoms. The van der Waals surface area contributed by atoms with Gasteiger partial charge in [0, 0.05) is 19.0 Å². The first-order valence-corrected chi connectivity index (χ1v) is 5.37. The van der Waals surface area contributed by atoms with Crippen LogP contribution in [0.1, 0.15) is 12.8 Å². The number of nitrogens with zero attached hydrogens (tertiary/aromatic N) is 3. The molecule has 0 saturated carbocycles. The number of halogens is 1. The van der Waals surface area contributed by atoms with Crippen molar-refractivity contribution in [1.82, 2.24) is 10.2 Å². The summed E-state index contributed by atoms with van der Waals surface area (Å²) >= 11 is 5.66. The minimum atomic E-state index is 0.122. The Balaban J connectivity index is 2.09. The number of aromatic nitrogens is 2. The highest BCUT2D eigenvalue weighted by molar-refractivity contribution is 6.29. The molecule has 1 saturated heterocycles. The minimum Gasteiger partial charge on any atom is -0.354 e. The number of piperidine rings is 1. The molecule has 0 bridgehead atoms. The zero-order chi connectivity index (χ0) is 10.7. The lowest BCUT2D eigenvalue weighted by Gasteiger charge is -2.30.